The average molecular weight is 374 g/mol. The standard InChI is InChI=1S/C22H22N4O2/c27-21-13-26(12-15(21)9-16-11-23-7-8-24-16)22(28)18-10-20(14-5-6-14)25-19-4-2-1-3-17(18)19/h1-4,7-8,10-11,14-15,21,27H,5-6,9,12-13H2/t15-,21-/m1/s1. The molecule has 3 aromatic rings. The molecule has 0 unspecified atom stereocenters. The lowest BCUT2D eigenvalue weighted by molar-refractivity contribution is 0.0766. The molecule has 2 aliphatic rings. The fraction of sp³-hybridized carbons (Fsp3) is 0.364. The van der Waals surface area contributed by atoms with Crippen molar-refractivity contribution in [1.29, 1.82) is 0 Å². The summed E-state index contributed by atoms with van der Waals surface area (Å²) in [6, 6.07) is 9.78. The van der Waals surface area contributed by atoms with Crippen molar-refractivity contribution < 1.29 is 9.90 Å². The third-order valence-electron chi connectivity index (χ3n) is 5.74. The highest BCUT2D eigenvalue weighted by atomic mass is 16.3. The quantitative estimate of drug-likeness (QED) is 0.759. The highest BCUT2D eigenvalue weighted by molar-refractivity contribution is 6.06. The predicted octanol–water partition coefficient (Wildman–Crippen LogP) is 2.58. The maximum atomic E-state index is 13.4. The number of pyridine rings is 1. The molecule has 5 rings (SSSR count). The van der Waals surface area contributed by atoms with Gasteiger partial charge in [-0.25, -0.2) is 0 Å². The Hall–Kier alpha value is -2.86. The number of fused-ring (bicyclic) bond motifs is 1. The van der Waals surface area contributed by atoms with E-state index in [1.807, 2.05) is 30.3 Å². The second-order valence-corrected chi connectivity index (χ2v) is 7.82. The second kappa shape index (κ2) is 6.95. The van der Waals surface area contributed by atoms with E-state index < -0.39 is 6.10 Å². The van der Waals surface area contributed by atoms with Crippen molar-refractivity contribution in [2.24, 2.45) is 5.92 Å². The van der Waals surface area contributed by atoms with E-state index in [-0.39, 0.29) is 11.8 Å². The molecule has 2 fully saturated rings. The number of aliphatic hydroxyl groups excluding tert-OH is 1. The summed E-state index contributed by atoms with van der Waals surface area (Å²) in [5.74, 6) is 0.419. The highest BCUT2D eigenvalue weighted by Crippen LogP contribution is 2.40. The number of carbonyl (C=O) groups is 1. The number of nitrogens with zero attached hydrogens (tertiary/aromatic N) is 4. The number of aliphatic hydroxyl groups is 1. The third-order valence-corrected chi connectivity index (χ3v) is 5.74. The fourth-order valence-corrected chi connectivity index (χ4v) is 4.06. The largest absolute Gasteiger partial charge is 0.391 e. The average Bonchev–Trinajstić information content (AvgIpc) is 3.52. The molecular weight excluding hydrogens is 352 g/mol. The summed E-state index contributed by atoms with van der Waals surface area (Å²) in [5.41, 5.74) is 3.41. The van der Waals surface area contributed by atoms with Gasteiger partial charge in [0.15, 0.2) is 0 Å². The lowest BCUT2D eigenvalue weighted by Gasteiger charge is -2.18. The van der Waals surface area contributed by atoms with Crippen LogP contribution in [0.5, 0.6) is 0 Å². The minimum Gasteiger partial charge on any atom is -0.391 e. The van der Waals surface area contributed by atoms with Crippen molar-refractivity contribution in [1.82, 2.24) is 19.9 Å². The van der Waals surface area contributed by atoms with Crippen molar-refractivity contribution in [2.45, 2.75) is 31.3 Å². The van der Waals surface area contributed by atoms with Crippen molar-refractivity contribution >= 4 is 16.8 Å². The number of aromatic nitrogens is 3. The highest BCUT2D eigenvalue weighted by Gasteiger charge is 2.36. The number of carbonyl (C=O) groups excluding carboxylic acids is 1. The normalized spacial score (nSPS) is 22.0. The van der Waals surface area contributed by atoms with Crippen LogP contribution in [0, 0.1) is 5.92 Å². The van der Waals surface area contributed by atoms with Crippen LogP contribution in [0.2, 0.25) is 0 Å². The molecule has 1 saturated heterocycles. The smallest absolute Gasteiger partial charge is 0.254 e. The maximum absolute atomic E-state index is 13.4. The van der Waals surface area contributed by atoms with E-state index in [9.17, 15) is 9.90 Å². The van der Waals surface area contributed by atoms with Gasteiger partial charge in [-0.05, 0) is 31.4 Å². The van der Waals surface area contributed by atoms with Gasteiger partial charge in [0.2, 0.25) is 0 Å². The van der Waals surface area contributed by atoms with Gasteiger partial charge in [0, 0.05) is 54.6 Å². The van der Waals surface area contributed by atoms with E-state index >= 15 is 0 Å². The minimum atomic E-state index is -0.554. The molecule has 0 radical (unpaired) electrons. The molecule has 2 aromatic heterocycles. The third kappa shape index (κ3) is 3.24. The molecule has 1 aliphatic heterocycles. The maximum Gasteiger partial charge on any atom is 0.254 e. The summed E-state index contributed by atoms with van der Waals surface area (Å²) in [4.78, 5) is 28.3. The van der Waals surface area contributed by atoms with Gasteiger partial charge in [0.05, 0.1) is 22.9 Å². The first-order valence-corrected chi connectivity index (χ1v) is 9.81. The van der Waals surface area contributed by atoms with Crippen molar-refractivity contribution in [3.8, 4) is 0 Å². The zero-order chi connectivity index (χ0) is 19.1. The van der Waals surface area contributed by atoms with Crippen LogP contribution in [-0.4, -0.2) is 50.1 Å². The van der Waals surface area contributed by atoms with Crippen LogP contribution in [0.25, 0.3) is 10.9 Å². The number of hydrogen-bond acceptors (Lipinski definition) is 5. The first kappa shape index (κ1) is 17.3. The Bertz CT molecular complexity index is 1020. The lowest BCUT2D eigenvalue weighted by atomic mass is 10.0. The molecule has 1 aliphatic carbocycles. The summed E-state index contributed by atoms with van der Waals surface area (Å²) in [6.07, 6.45) is 7.35. The first-order valence-electron chi connectivity index (χ1n) is 9.81. The zero-order valence-corrected chi connectivity index (χ0v) is 15.5. The van der Waals surface area contributed by atoms with Gasteiger partial charge in [-0.15, -0.1) is 0 Å². The summed E-state index contributed by atoms with van der Waals surface area (Å²) in [7, 11) is 0. The Labute approximate surface area is 163 Å². The SMILES string of the molecule is O=C(c1cc(C2CC2)nc2ccccc12)N1C[C@@H](Cc2cnccn2)[C@H](O)C1. The topological polar surface area (TPSA) is 79.2 Å². The van der Waals surface area contributed by atoms with Crippen LogP contribution in [-0.2, 0) is 6.42 Å². The van der Waals surface area contributed by atoms with Crippen LogP contribution in [0.3, 0.4) is 0 Å². The van der Waals surface area contributed by atoms with Crippen molar-refractivity contribution in [3.05, 3.63) is 65.9 Å². The van der Waals surface area contributed by atoms with Crippen molar-refractivity contribution in [2.75, 3.05) is 13.1 Å². The molecule has 142 valence electrons. The molecule has 0 bridgehead atoms. The van der Waals surface area contributed by atoms with Crippen molar-refractivity contribution in [3.63, 3.8) is 0 Å². The van der Waals surface area contributed by atoms with Crippen LogP contribution in [0.1, 0.15) is 40.5 Å². The van der Waals surface area contributed by atoms with E-state index in [0.29, 0.717) is 31.0 Å². The minimum absolute atomic E-state index is 0.0267. The Morgan fingerprint density at radius 3 is 2.82 bits per heavy atom. The second-order valence-electron chi connectivity index (χ2n) is 7.82. The molecule has 0 spiro atoms. The molecule has 1 aromatic carbocycles. The summed E-state index contributed by atoms with van der Waals surface area (Å²) < 4.78 is 0. The van der Waals surface area contributed by atoms with E-state index in [1.54, 1.807) is 23.5 Å². The fourth-order valence-electron chi connectivity index (χ4n) is 4.06. The van der Waals surface area contributed by atoms with Crippen LogP contribution in [0.4, 0.5) is 0 Å². The Morgan fingerprint density at radius 2 is 2.04 bits per heavy atom. The number of para-hydroxylation sites is 1. The zero-order valence-electron chi connectivity index (χ0n) is 15.5. The summed E-state index contributed by atoms with van der Waals surface area (Å²) >= 11 is 0. The predicted molar refractivity (Wildman–Crippen MR) is 105 cm³/mol. The van der Waals surface area contributed by atoms with Crippen LogP contribution < -0.4 is 0 Å². The Kier molecular flexibility index (Phi) is 4.28. The van der Waals surface area contributed by atoms with Gasteiger partial charge >= 0.3 is 0 Å². The lowest BCUT2D eigenvalue weighted by Crippen LogP contribution is -2.30. The molecule has 1 N–H and O–H groups in total. The number of rotatable bonds is 4. The Balaban J connectivity index is 1.42. The number of β-amino-alcohol motifs (C(OH)–C–C–N with tert-alkyl or cyclic N) is 1. The van der Waals surface area contributed by atoms with Gasteiger partial charge in [0.1, 0.15) is 0 Å². The Morgan fingerprint density at radius 1 is 1.18 bits per heavy atom. The van der Waals surface area contributed by atoms with Crippen LogP contribution >= 0.6 is 0 Å². The van der Waals surface area contributed by atoms with E-state index in [4.69, 9.17) is 4.98 Å². The van der Waals surface area contributed by atoms with Gasteiger partial charge in [-0.2, -0.15) is 0 Å². The van der Waals surface area contributed by atoms with E-state index in [2.05, 4.69) is 9.97 Å². The van der Waals surface area contributed by atoms with Crippen LogP contribution in [0.15, 0.2) is 48.9 Å². The molecule has 28 heavy (non-hydrogen) atoms. The molecule has 6 heteroatoms. The van der Waals surface area contributed by atoms with E-state index in [0.717, 1.165) is 35.1 Å². The molecule has 2 atom stereocenters. The molecular formula is C22H22N4O2. The summed E-state index contributed by atoms with van der Waals surface area (Å²) in [5, 5.41) is 11.4. The first-order chi connectivity index (χ1) is 13.7. The molecule has 1 amide bonds. The number of hydrogen-bond donors (Lipinski definition) is 1. The molecule has 1 saturated carbocycles. The van der Waals surface area contributed by atoms with Gasteiger partial charge in [-0.1, -0.05) is 18.2 Å². The van der Waals surface area contributed by atoms with Gasteiger partial charge in [0.25, 0.3) is 5.91 Å². The van der Waals surface area contributed by atoms with E-state index in [1.165, 1.54) is 0 Å². The number of likely N-dealkylation sites (tertiary alicyclic amines) is 1. The summed E-state index contributed by atoms with van der Waals surface area (Å²) in [6.45, 7) is 0.866. The van der Waals surface area contributed by atoms with Gasteiger partial charge < -0.3 is 10.0 Å². The number of amides is 1. The molecule has 6 nitrogen and oxygen atoms in total. The number of benzene rings is 1. The van der Waals surface area contributed by atoms with Gasteiger partial charge in [-0.3, -0.25) is 19.7 Å². The molecule has 3 heterocycles. The monoisotopic (exact) mass is 374 g/mol.